The molecular formula is C20H28F3N7O2. The average Bonchev–Trinajstić information content (AvgIpc) is 3.17. The molecule has 0 saturated carbocycles. The van der Waals surface area contributed by atoms with Gasteiger partial charge in [-0.15, -0.1) is 15.3 Å². The topological polar surface area (TPSA) is 87.9 Å². The molecule has 2 aliphatic heterocycles. The van der Waals surface area contributed by atoms with E-state index in [9.17, 15) is 18.0 Å². The van der Waals surface area contributed by atoms with Crippen LogP contribution in [0.25, 0.3) is 5.65 Å². The summed E-state index contributed by atoms with van der Waals surface area (Å²) in [6.07, 6.45) is -3.02. The van der Waals surface area contributed by atoms with Gasteiger partial charge in [0.25, 0.3) is 5.82 Å². The summed E-state index contributed by atoms with van der Waals surface area (Å²) >= 11 is 0. The maximum Gasteiger partial charge on any atom is 0.453 e. The number of alkyl halides is 3. The third-order valence-corrected chi connectivity index (χ3v) is 5.91. The van der Waals surface area contributed by atoms with Crippen molar-refractivity contribution in [1.29, 1.82) is 0 Å². The van der Waals surface area contributed by atoms with Gasteiger partial charge in [-0.1, -0.05) is 0 Å². The van der Waals surface area contributed by atoms with Crippen LogP contribution >= 0.6 is 0 Å². The predicted molar refractivity (Wildman–Crippen MR) is 110 cm³/mol. The molecule has 1 amide bonds. The molecule has 1 N–H and O–H groups in total. The molecule has 9 nitrogen and oxygen atoms in total. The van der Waals surface area contributed by atoms with Gasteiger partial charge in [-0.05, 0) is 38.8 Å². The molecule has 4 heterocycles. The predicted octanol–water partition coefficient (Wildman–Crippen LogP) is 1.58. The Morgan fingerprint density at radius 2 is 1.84 bits per heavy atom. The van der Waals surface area contributed by atoms with Crippen molar-refractivity contribution in [2.45, 2.75) is 45.1 Å². The standard InChI is InChI=1S/C20H28F3N7O2/c1-13-11-28(12-14(2)32-13)10-7-24-18(31)15-5-8-29(9-6-15)17-4-3-16-25-26-19(20(21,22)23)30(16)27-17/h3-4,13-15H,5-12H2,1-2H3,(H,24,31). The molecule has 2 unspecified atom stereocenters. The Balaban J connectivity index is 1.28. The van der Waals surface area contributed by atoms with Crippen molar-refractivity contribution in [3.63, 3.8) is 0 Å². The van der Waals surface area contributed by atoms with Crippen LogP contribution < -0.4 is 10.2 Å². The summed E-state index contributed by atoms with van der Waals surface area (Å²) in [5.41, 5.74) is 0.0411. The molecule has 0 aromatic carbocycles. The minimum Gasteiger partial charge on any atom is -0.373 e. The van der Waals surface area contributed by atoms with Crippen molar-refractivity contribution in [2.75, 3.05) is 44.2 Å². The Morgan fingerprint density at radius 1 is 1.16 bits per heavy atom. The highest BCUT2D eigenvalue weighted by Crippen LogP contribution is 2.28. The highest BCUT2D eigenvalue weighted by molar-refractivity contribution is 5.79. The summed E-state index contributed by atoms with van der Waals surface area (Å²) in [7, 11) is 0. The summed E-state index contributed by atoms with van der Waals surface area (Å²) in [6.45, 7) is 8.27. The molecule has 12 heteroatoms. The molecule has 2 aromatic heterocycles. The monoisotopic (exact) mass is 455 g/mol. The van der Waals surface area contributed by atoms with E-state index in [1.54, 1.807) is 6.07 Å². The van der Waals surface area contributed by atoms with Gasteiger partial charge in [0.1, 0.15) is 5.82 Å². The molecule has 0 aliphatic carbocycles. The van der Waals surface area contributed by atoms with Gasteiger partial charge in [-0.3, -0.25) is 9.69 Å². The van der Waals surface area contributed by atoms with Crippen LogP contribution in [0.5, 0.6) is 0 Å². The van der Waals surface area contributed by atoms with Crippen LogP contribution in [0.4, 0.5) is 19.0 Å². The third-order valence-electron chi connectivity index (χ3n) is 5.91. The first-order valence-electron chi connectivity index (χ1n) is 10.9. The molecule has 0 bridgehead atoms. The Bertz CT molecular complexity index is 933. The molecule has 0 radical (unpaired) electrons. The number of amides is 1. The van der Waals surface area contributed by atoms with Gasteiger partial charge >= 0.3 is 6.18 Å². The van der Waals surface area contributed by atoms with E-state index in [4.69, 9.17) is 4.74 Å². The summed E-state index contributed by atoms with van der Waals surface area (Å²) in [4.78, 5) is 16.8. The maximum atomic E-state index is 13.1. The lowest BCUT2D eigenvalue weighted by molar-refractivity contribution is -0.146. The van der Waals surface area contributed by atoms with E-state index in [1.807, 2.05) is 4.90 Å². The lowest BCUT2D eigenvalue weighted by atomic mass is 9.96. The van der Waals surface area contributed by atoms with Crippen LogP contribution in [0.2, 0.25) is 0 Å². The molecule has 2 fully saturated rings. The number of ether oxygens (including phenoxy) is 1. The number of hydrogen-bond donors (Lipinski definition) is 1. The second kappa shape index (κ2) is 9.18. The number of anilines is 1. The van der Waals surface area contributed by atoms with Gasteiger partial charge in [0.15, 0.2) is 5.65 Å². The van der Waals surface area contributed by atoms with Crippen molar-refractivity contribution < 1.29 is 22.7 Å². The Morgan fingerprint density at radius 3 is 2.50 bits per heavy atom. The van der Waals surface area contributed by atoms with E-state index in [2.05, 4.69) is 39.4 Å². The summed E-state index contributed by atoms with van der Waals surface area (Å²) < 4.78 is 45.7. The molecule has 2 aliphatic rings. The van der Waals surface area contributed by atoms with Crippen LogP contribution in [0.1, 0.15) is 32.5 Å². The first kappa shape index (κ1) is 22.7. The average molecular weight is 455 g/mol. The van der Waals surface area contributed by atoms with Gasteiger partial charge in [-0.2, -0.15) is 17.7 Å². The van der Waals surface area contributed by atoms with Crippen LogP contribution in [-0.4, -0.2) is 82.1 Å². The first-order valence-corrected chi connectivity index (χ1v) is 10.9. The van der Waals surface area contributed by atoms with E-state index in [-0.39, 0.29) is 29.7 Å². The molecular weight excluding hydrogens is 427 g/mol. The number of rotatable bonds is 5. The summed E-state index contributed by atoms with van der Waals surface area (Å²) in [5, 5.41) is 13.8. The number of halogens is 3. The third kappa shape index (κ3) is 5.12. The fraction of sp³-hybridized carbons (Fsp3) is 0.700. The van der Waals surface area contributed by atoms with Crippen molar-refractivity contribution in [2.24, 2.45) is 5.92 Å². The van der Waals surface area contributed by atoms with Crippen molar-refractivity contribution in [1.82, 2.24) is 30.0 Å². The number of carbonyl (C=O) groups is 1. The molecule has 2 atom stereocenters. The number of nitrogens with zero attached hydrogens (tertiary/aromatic N) is 6. The minimum absolute atomic E-state index is 0.0283. The number of piperidine rings is 1. The second-order valence-electron chi connectivity index (χ2n) is 8.55. The maximum absolute atomic E-state index is 13.1. The summed E-state index contributed by atoms with van der Waals surface area (Å²) in [6, 6.07) is 3.10. The summed E-state index contributed by atoms with van der Waals surface area (Å²) in [5.74, 6) is -0.816. The number of aromatic nitrogens is 4. The van der Waals surface area contributed by atoms with Gasteiger partial charge < -0.3 is 15.0 Å². The van der Waals surface area contributed by atoms with E-state index < -0.39 is 12.0 Å². The van der Waals surface area contributed by atoms with Crippen molar-refractivity contribution >= 4 is 17.4 Å². The van der Waals surface area contributed by atoms with Gasteiger partial charge in [0, 0.05) is 45.2 Å². The van der Waals surface area contributed by atoms with E-state index in [1.165, 1.54) is 6.07 Å². The molecule has 2 saturated heterocycles. The fourth-order valence-corrected chi connectivity index (χ4v) is 4.44. The number of fused-ring (bicyclic) bond motifs is 1. The van der Waals surface area contributed by atoms with Crippen LogP contribution in [0.15, 0.2) is 12.1 Å². The van der Waals surface area contributed by atoms with Crippen molar-refractivity contribution in [3.8, 4) is 0 Å². The van der Waals surface area contributed by atoms with Gasteiger partial charge in [0.05, 0.1) is 12.2 Å². The van der Waals surface area contributed by atoms with E-state index in [0.29, 0.717) is 38.3 Å². The Hall–Kier alpha value is -2.47. The first-order chi connectivity index (χ1) is 15.2. The lowest BCUT2D eigenvalue weighted by Gasteiger charge is -2.35. The van der Waals surface area contributed by atoms with Crippen LogP contribution in [-0.2, 0) is 15.7 Å². The Labute approximate surface area is 183 Å². The Kier molecular flexibility index (Phi) is 6.52. The normalized spacial score (nSPS) is 23.6. The smallest absolute Gasteiger partial charge is 0.373 e. The fourth-order valence-electron chi connectivity index (χ4n) is 4.44. The number of carbonyl (C=O) groups excluding carboxylic acids is 1. The minimum atomic E-state index is -4.63. The number of nitrogens with one attached hydrogen (secondary N) is 1. The van der Waals surface area contributed by atoms with Crippen molar-refractivity contribution in [3.05, 3.63) is 18.0 Å². The van der Waals surface area contributed by atoms with E-state index in [0.717, 1.165) is 24.1 Å². The SMILES string of the molecule is CC1CN(CCNC(=O)C2CCN(c3ccc4nnc(C(F)(F)F)n4n3)CC2)CC(C)O1. The van der Waals surface area contributed by atoms with Gasteiger partial charge in [-0.25, -0.2) is 0 Å². The van der Waals surface area contributed by atoms with Gasteiger partial charge in [0.2, 0.25) is 5.91 Å². The molecule has 4 rings (SSSR count). The van der Waals surface area contributed by atoms with Crippen LogP contribution in [0.3, 0.4) is 0 Å². The zero-order valence-corrected chi connectivity index (χ0v) is 18.2. The largest absolute Gasteiger partial charge is 0.453 e. The number of hydrogen-bond acceptors (Lipinski definition) is 7. The molecule has 32 heavy (non-hydrogen) atoms. The van der Waals surface area contributed by atoms with Crippen LogP contribution in [0, 0.1) is 5.92 Å². The molecule has 176 valence electrons. The van der Waals surface area contributed by atoms with E-state index >= 15 is 0 Å². The second-order valence-corrected chi connectivity index (χ2v) is 8.55. The number of morpholine rings is 1. The lowest BCUT2D eigenvalue weighted by Crippen LogP contribution is -2.48. The quantitative estimate of drug-likeness (QED) is 0.733. The zero-order valence-electron chi connectivity index (χ0n) is 18.2. The highest BCUT2D eigenvalue weighted by Gasteiger charge is 2.38. The zero-order chi connectivity index (χ0) is 22.9. The molecule has 0 spiro atoms. The highest BCUT2D eigenvalue weighted by atomic mass is 19.4. The molecule has 2 aromatic rings.